The monoisotopic (exact) mass is 664 g/mol. The van der Waals surface area contributed by atoms with Crippen molar-refractivity contribution in [2.75, 3.05) is 0 Å². The Morgan fingerprint density at radius 3 is 2.32 bits per heavy atom. The van der Waals surface area contributed by atoms with Crippen LogP contribution in [-0.4, -0.2) is 9.55 Å². The number of fused-ring (bicyclic) bond motifs is 4. The topological polar surface area (TPSA) is 31.0 Å². The number of rotatable bonds is 6. The van der Waals surface area contributed by atoms with Crippen LogP contribution < -0.4 is 0 Å². The first-order valence-corrected chi connectivity index (χ1v) is 12.9. The van der Waals surface area contributed by atoms with Crippen LogP contribution in [0, 0.1) is 17.9 Å². The molecule has 0 spiro atoms. The third kappa shape index (κ3) is 4.54. The number of hydrogen-bond acceptors (Lipinski definition) is 2. The summed E-state index contributed by atoms with van der Waals surface area (Å²) in [6.07, 6.45) is 1.91. The molecular formula is C33H31IrN2O-. The van der Waals surface area contributed by atoms with Gasteiger partial charge in [-0.1, -0.05) is 58.0 Å². The minimum atomic E-state index is 0. The number of para-hydroxylation sites is 3. The fourth-order valence-electron chi connectivity index (χ4n) is 5.46. The molecule has 2 heterocycles. The van der Waals surface area contributed by atoms with Crippen LogP contribution in [0.15, 0.2) is 83.3 Å². The molecule has 0 aliphatic heterocycles. The molecule has 0 saturated carbocycles. The fourth-order valence-corrected chi connectivity index (χ4v) is 5.46. The van der Waals surface area contributed by atoms with Gasteiger partial charge in [0.1, 0.15) is 11.2 Å². The van der Waals surface area contributed by atoms with Crippen LogP contribution in [-0.2, 0) is 32.9 Å². The van der Waals surface area contributed by atoms with Crippen molar-refractivity contribution in [2.45, 2.75) is 40.5 Å². The molecule has 1 radical (unpaired) electrons. The second-order valence-corrected chi connectivity index (χ2v) is 10.6. The van der Waals surface area contributed by atoms with E-state index in [9.17, 15) is 0 Å². The van der Waals surface area contributed by atoms with Gasteiger partial charge in [-0.25, -0.2) is 0 Å². The van der Waals surface area contributed by atoms with Gasteiger partial charge in [0.15, 0.2) is 0 Å². The molecule has 0 aliphatic carbocycles. The van der Waals surface area contributed by atoms with Crippen LogP contribution in [0.25, 0.3) is 50.0 Å². The fraction of sp³-hybridized carbons (Fsp3) is 0.242. The van der Waals surface area contributed by atoms with E-state index in [-0.39, 0.29) is 20.1 Å². The first-order valence-electron chi connectivity index (χ1n) is 12.9. The van der Waals surface area contributed by atoms with Crippen LogP contribution in [0.1, 0.15) is 38.8 Å². The Kier molecular flexibility index (Phi) is 7.07. The summed E-state index contributed by atoms with van der Waals surface area (Å²) < 4.78 is 8.83. The number of hydrogen-bond donors (Lipinski definition) is 0. The predicted octanol–water partition coefficient (Wildman–Crippen LogP) is 8.79. The SMILES string of the molecule is CC(C)Cc1cc2oc3ccccc3c2c(CC(C)C)c1-n1c(-c2[c-]cccc2)nc2ccccc21.[Ir]. The molecule has 0 bridgehead atoms. The zero-order valence-electron chi connectivity index (χ0n) is 21.7. The van der Waals surface area contributed by atoms with Crippen molar-refractivity contribution in [3.63, 3.8) is 0 Å². The van der Waals surface area contributed by atoms with Crippen LogP contribution in [0.4, 0.5) is 0 Å². The normalized spacial score (nSPS) is 11.7. The molecule has 0 N–H and O–H groups in total. The maximum Gasteiger partial charge on any atom is 0.136 e. The van der Waals surface area contributed by atoms with Crippen molar-refractivity contribution >= 4 is 33.0 Å². The Morgan fingerprint density at radius 1 is 0.838 bits per heavy atom. The summed E-state index contributed by atoms with van der Waals surface area (Å²) in [4.78, 5) is 5.14. The van der Waals surface area contributed by atoms with Crippen molar-refractivity contribution in [1.29, 1.82) is 0 Å². The molecule has 2 aromatic heterocycles. The average molecular weight is 664 g/mol. The first kappa shape index (κ1) is 25.4. The predicted molar refractivity (Wildman–Crippen MR) is 150 cm³/mol. The first-order chi connectivity index (χ1) is 17.5. The van der Waals surface area contributed by atoms with Crippen molar-refractivity contribution < 1.29 is 24.5 Å². The molecule has 4 heteroatoms. The van der Waals surface area contributed by atoms with Gasteiger partial charge in [0.2, 0.25) is 0 Å². The molecule has 0 amide bonds. The van der Waals surface area contributed by atoms with E-state index in [1.807, 2.05) is 12.1 Å². The van der Waals surface area contributed by atoms with Gasteiger partial charge in [0, 0.05) is 36.6 Å². The molecule has 4 aromatic carbocycles. The number of nitrogens with zero attached hydrogens (tertiary/aromatic N) is 2. The number of aromatic nitrogens is 2. The molecule has 37 heavy (non-hydrogen) atoms. The summed E-state index contributed by atoms with van der Waals surface area (Å²) in [6.45, 7) is 9.16. The molecule has 0 saturated heterocycles. The summed E-state index contributed by atoms with van der Waals surface area (Å²) in [6, 6.07) is 30.7. The van der Waals surface area contributed by atoms with Crippen LogP contribution in [0.5, 0.6) is 0 Å². The Hall–Kier alpha value is -3.20. The Balaban J connectivity index is 0.00000280. The van der Waals surface area contributed by atoms with Gasteiger partial charge < -0.3 is 8.98 Å². The largest absolute Gasteiger partial charge is 0.456 e. The van der Waals surface area contributed by atoms with E-state index in [1.165, 1.54) is 27.6 Å². The van der Waals surface area contributed by atoms with Gasteiger partial charge in [-0.15, -0.1) is 35.9 Å². The molecule has 0 fully saturated rings. The van der Waals surface area contributed by atoms with E-state index in [0.717, 1.165) is 46.4 Å². The summed E-state index contributed by atoms with van der Waals surface area (Å²) in [7, 11) is 0. The van der Waals surface area contributed by atoms with Crippen molar-refractivity contribution in [3.05, 3.63) is 96.1 Å². The number of furan rings is 1. The summed E-state index contributed by atoms with van der Waals surface area (Å²) in [5, 5.41) is 2.40. The minimum Gasteiger partial charge on any atom is -0.456 e. The summed E-state index contributed by atoms with van der Waals surface area (Å²) in [5.41, 5.74) is 8.91. The Labute approximate surface area is 231 Å². The van der Waals surface area contributed by atoms with Crippen LogP contribution in [0.3, 0.4) is 0 Å². The van der Waals surface area contributed by atoms with Crippen molar-refractivity contribution in [2.24, 2.45) is 11.8 Å². The van der Waals surface area contributed by atoms with Gasteiger partial charge in [0.05, 0.1) is 16.9 Å². The zero-order valence-corrected chi connectivity index (χ0v) is 24.1. The second kappa shape index (κ2) is 10.3. The molecule has 189 valence electrons. The second-order valence-electron chi connectivity index (χ2n) is 10.6. The summed E-state index contributed by atoms with van der Waals surface area (Å²) in [5.74, 6) is 1.91. The van der Waals surface area contributed by atoms with Gasteiger partial charge in [-0.3, -0.25) is 4.98 Å². The molecule has 3 nitrogen and oxygen atoms in total. The Bertz CT molecular complexity index is 1690. The summed E-state index contributed by atoms with van der Waals surface area (Å²) >= 11 is 0. The molecule has 0 atom stereocenters. The standard InChI is InChI=1S/C33H31N2O.Ir/c1-21(2)18-24-20-30-31(25-14-8-11-17-29(25)36-30)26(19-22(3)4)32(24)35-28-16-10-9-15-27(28)34-33(35)23-12-6-5-7-13-23;/h5-12,14-17,20-22H,18-19H2,1-4H3;/q-1;. The smallest absolute Gasteiger partial charge is 0.136 e. The van der Waals surface area contributed by atoms with E-state index in [2.05, 4.69) is 105 Å². The third-order valence-electron chi connectivity index (χ3n) is 6.79. The van der Waals surface area contributed by atoms with Crippen LogP contribution in [0.2, 0.25) is 0 Å². The van der Waals surface area contributed by atoms with Gasteiger partial charge in [-0.2, -0.15) is 0 Å². The average Bonchev–Trinajstić information content (AvgIpc) is 3.42. The molecule has 6 rings (SSSR count). The van der Waals surface area contributed by atoms with E-state index < -0.39 is 0 Å². The van der Waals surface area contributed by atoms with Crippen molar-refractivity contribution in [3.8, 4) is 17.1 Å². The van der Waals surface area contributed by atoms with E-state index in [1.54, 1.807) is 0 Å². The van der Waals surface area contributed by atoms with E-state index in [0.29, 0.717) is 11.8 Å². The zero-order chi connectivity index (χ0) is 24.8. The minimum absolute atomic E-state index is 0. The Morgan fingerprint density at radius 2 is 1.57 bits per heavy atom. The molecule has 0 unspecified atom stereocenters. The molecule has 0 aliphatic rings. The number of imidazole rings is 1. The van der Waals surface area contributed by atoms with Crippen LogP contribution >= 0.6 is 0 Å². The third-order valence-corrected chi connectivity index (χ3v) is 6.79. The molecular weight excluding hydrogens is 633 g/mol. The quantitative estimate of drug-likeness (QED) is 0.167. The van der Waals surface area contributed by atoms with Crippen molar-refractivity contribution in [1.82, 2.24) is 9.55 Å². The molecule has 6 aromatic rings. The maximum atomic E-state index is 6.44. The maximum absolute atomic E-state index is 6.44. The number of benzene rings is 4. The van der Waals surface area contributed by atoms with E-state index in [4.69, 9.17) is 9.40 Å². The van der Waals surface area contributed by atoms with Gasteiger partial charge >= 0.3 is 0 Å². The van der Waals surface area contributed by atoms with Gasteiger partial charge in [0.25, 0.3) is 0 Å². The van der Waals surface area contributed by atoms with Gasteiger partial charge in [-0.05, 0) is 60.1 Å². The van der Waals surface area contributed by atoms with E-state index >= 15 is 0 Å².